The molecule has 4 aromatic rings. The van der Waals surface area contributed by atoms with Crippen LogP contribution in [0.2, 0.25) is 5.02 Å². The lowest BCUT2D eigenvalue weighted by Gasteiger charge is -2.11. The van der Waals surface area contributed by atoms with E-state index in [-0.39, 0.29) is 12.5 Å². The highest BCUT2D eigenvalue weighted by Crippen LogP contribution is 2.32. The molecule has 0 saturated carbocycles. The number of amides is 1. The number of nitrogens with zero attached hydrogens (tertiary/aromatic N) is 1. The molecule has 170 valence electrons. The number of methoxy groups -OCH3 is 1. The van der Waals surface area contributed by atoms with Crippen LogP contribution in [-0.4, -0.2) is 24.6 Å². The zero-order valence-corrected chi connectivity index (χ0v) is 19.5. The lowest BCUT2D eigenvalue weighted by molar-refractivity contribution is -0.118. The second-order valence-corrected chi connectivity index (χ2v) is 8.17. The summed E-state index contributed by atoms with van der Waals surface area (Å²) in [7, 11) is 1.56. The van der Waals surface area contributed by atoms with E-state index in [1.807, 2.05) is 30.3 Å². The standard InChI is InChI=1S/C26H25ClN2O4/c1-4-16(2)17-5-9-20(10-6-17)32-15-25(30)28-19-8-12-24-22(14-19)29-26(33-24)18-7-11-23(31-3)21(27)13-18/h5-14,16H,4,15H2,1-3H3,(H,28,30)/t16-/m1/s1. The molecule has 0 spiro atoms. The van der Waals surface area contributed by atoms with Crippen LogP contribution in [0.5, 0.6) is 11.5 Å². The van der Waals surface area contributed by atoms with E-state index in [2.05, 4.69) is 24.1 Å². The van der Waals surface area contributed by atoms with Gasteiger partial charge in [0.05, 0.1) is 12.1 Å². The first-order chi connectivity index (χ1) is 16.0. The number of rotatable bonds is 8. The van der Waals surface area contributed by atoms with Gasteiger partial charge in [0, 0.05) is 11.3 Å². The van der Waals surface area contributed by atoms with E-state index < -0.39 is 0 Å². The molecule has 0 bridgehead atoms. The fraction of sp³-hybridized carbons (Fsp3) is 0.231. The van der Waals surface area contributed by atoms with Crippen LogP contribution in [0, 0.1) is 0 Å². The lowest BCUT2D eigenvalue weighted by atomic mass is 9.99. The third-order valence-corrected chi connectivity index (χ3v) is 5.80. The normalized spacial score (nSPS) is 11.9. The minimum absolute atomic E-state index is 0.0882. The first-order valence-corrected chi connectivity index (χ1v) is 11.1. The molecule has 1 heterocycles. The van der Waals surface area contributed by atoms with E-state index in [4.69, 9.17) is 25.5 Å². The van der Waals surface area contributed by atoms with Gasteiger partial charge in [0.15, 0.2) is 12.2 Å². The molecular weight excluding hydrogens is 440 g/mol. The number of fused-ring (bicyclic) bond motifs is 1. The molecule has 4 rings (SSSR count). The van der Waals surface area contributed by atoms with Crippen LogP contribution in [0.1, 0.15) is 31.7 Å². The Morgan fingerprint density at radius 1 is 1.12 bits per heavy atom. The summed E-state index contributed by atoms with van der Waals surface area (Å²) in [5.74, 6) is 1.91. The molecular formula is C26H25ClN2O4. The number of oxazole rings is 1. The number of aromatic nitrogens is 1. The minimum Gasteiger partial charge on any atom is -0.495 e. The van der Waals surface area contributed by atoms with Gasteiger partial charge in [-0.3, -0.25) is 4.79 Å². The maximum Gasteiger partial charge on any atom is 0.262 e. The molecule has 0 saturated heterocycles. The van der Waals surface area contributed by atoms with E-state index in [1.165, 1.54) is 5.56 Å². The van der Waals surface area contributed by atoms with Crippen LogP contribution >= 0.6 is 11.6 Å². The van der Waals surface area contributed by atoms with Crippen molar-refractivity contribution in [1.29, 1.82) is 0 Å². The highest BCUT2D eigenvalue weighted by Gasteiger charge is 2.12. The fourth-order valence-corrected chi connectivity index (χ4v) is 3.66. The average molecular weight is 465 g/mol. The summed E-state index contributed by atoms with van der Waals surface area (Å²) in [4.78, 5) is 16.9. The molecule has 0 unspecified atom stereocenters. The van der Waals surface area contributed by atoms with Gasteiger partial charge in [-0.15, -0.1) is 0 Å². The van der Waals surface area contributed by atoms with Crippen LogP contribution in [0.4, 0.5) is 5.69 Å². The highest BCUT2D eigenvalue weighted by molar-refractivity contribution is 6.32. The molecule has 7 heteroatoms. The minimum atomic E-state index is -0.258. The Balaban J connectivity index is 1.40. The Morgan fingerprint density at radius 3 is 2.61 bits per heavy atom. The van der Waals surface area contributed by atoms with E-state index >= 15 is 0 Å². The topological polar surface area (TPSA) is 73.6 Å². The molecule has 1 atom stereocenters. The van der Waals surface area contributed by atoms with Crippen LogP contribution in [0.15, 0.2) is 65.1 Å². The maximum absolute atomic E-state index is 12.4. The molecule has 33 heavy (non-hydrogen) atoms. The fourth-order valence-electron chi connectivity index (χ4n) is 3.40. The zero-order valence-electron chi connectivity index (χ0n) is 18.7. The number of nitrogens with one attached hydrogen (secondary N) is 1. The van der Waals surface area contributed by atoms with Crippen molar-refractivity contribution >= 4 is 34.3 Å². The summed E-state index contributed by atoms with van der Waals surface area (Å²) in [6.07, 6.45) is 1.08. The molecule has 1 aromatic heterocycles. The number of hydrogen-bond donors (Lipinski definition) is 1. The molecule has 0 aliphatic heterocycles. The van der Waals surface area contributed by atoms with Gasteiger partial charge in [0.1, 0.15) is 17.0 Å². The van der Waals surface area contributed by atoms with Crippen LogP contribution in [-0.2, 0) is 4.79 Å². The van der Waals surface area contributed by atoms with E-state index in [1.54, 1.807) is 37.4 Å². The van der Waals surface area contributed by atoms with E-state index in [9.17, 15) is 4.79 Å². The first kappa shape index (κ1) is 22.7. The summed E-state index contributed by atoms with van der Waals surface area (Å²) >= 11 is 6.21. The lowest BCUT2D eigenvalue weighted by Crippen LogP contribution is -2.20. The van der Waals surface area contributed by atoms with Gasteiger partial charge in [0.2, 0.25) is 5.89 Å². The van der Waals surface area contributed by atoms with Crippen molar-refractivity contribution in [3.05, 3.63) is 71.2 Å². The molecule has 0 aliphatic carbocycles. The number of anilines is 1. The summed E-state index contributed by atoms with van der Waals surface area (Å²) in [5, 5.41) is 3.30. The van der Waals surface area contributed by atoms with Crippen LogP contribution in [0.3, 0.4) is 0 Å². The van der Waals surface area contributed by atoms with E-state index in [0.29, 0.717) is 45.1 Å². The van der Waals surface area contributed by atoms with Crippen molar-refractivity contribution < 1.29 is 18.7 Å². The number of carbonyl (C=O) groups is 1. The van der Waals surface area contributed by atoms with E-state index in [0.717, 1.165) is 12.0 Å². The first-order valence-electron chi connectivity index (χ1n) is 10.7. The number of carbonyl (C=O) groups excluding carboxylic acids is 1. The van der Waals surface area contributed by atoms with Gasteiger partial charge < -0.3 is 19.2 Å². The third-order valence-electron chi connectivity index (χ3n) is 5.50. The second kappa shape index (κ2) is 9.96. The van der Waals surface area contributed by atoms with Crippen molar-refractivity contribution in [3.63, 3.8) is 0 Å². The highest BCUT2D eigenvalue weighted by atomic mass is 35.5. The predicted molar refractivity (Wildman–Crippen MR) is 130 cm³/mol. The van der Waals surface area contributed by atoms with Gasteiger partial charge in [0.25, 0.3) is 5.91 Å². The number of halogens is 1. The van der Waals surface area contributed by atoms with Gasteiger partial charge in [-0.25, -0.2) is 4.98 Å². The Labute approximate surface area is 197 Å². The number of ether oxygens (including phenoxy) is 2. The van der Waals surface area contributed by atoms with Crippen LogP contribution < -0.4 is 14.8 Å². The van der Waals surface area contributed by atoms with Gasteiger partial charge in [-0.2, -0.15) is 0 Å². The average Bonchev–Trinajstić information content (AvgIpc) is 3.26. The Hall–Kier alpha value is -3.51. The molecule has 0 radical (unpaired) electrons. The molecule has 6 nitrogen and oxygen atoms in total. The summed E-state index contributed by atoms with van der Waals surface area (Å²) in [6.45, 7) is 4.25. The third kappa shape index (κ3) is 5.29. The van der Waals surface area contributed by atoms with Crippen molar-refractivity contribution in [2.45, 2.75) is 26.2 Å². The molecule has 1 N–H and O–H groups in total. The Bertz CT molecular complexity index is 1270. The van der Waals surface area contributed by atoms with Crippen molar-refractivity contribution in [3.8, 4) is 23.0 Å². The Morgan fingerprint density at radius 2 is 1.91 bits per heavy atom. The quantitative estimate of drug-likeness (QED) is 0.314. The monoisotopic (exact) mass is 464 g/mol. The van der Waals surface area contributed by atoms with Crippen molar-refractivity contribution in [2.75, 3.05) is 19.0 Å². The van der Waals surface area contributed by atoms with Crippen molar-refractivity contribution in [2.24, 2.45) is 0 Å². The number of benzene rings is 3. The zero-order chi connectivity index (χ0) is 23.4. The molecule has 0 aliphatic rings. The second-order valence-electron chi connectivity index (χ2n) is 7.77. The van der Waals surface area contributed by atoms with Gasteiger partial charge >= 0.3 is 0 Å². The summed E-state index contributed by atoms with van der Waals surface area (Å²) in [6, 6.07) is 18.5. The largest absolute Gasteiger partial charge is 0.495 e. The van der Waals surface area contributed by atoms with Gasteiger partial charge in [-0.05, 0) is 66.4 Å². The summed E-state index contributed by atoms with van der Waals surface area (Å²) in [5.41, 5.74) is 3.82. The number of hydrogen-bond acceptors (Lipinski definition) is 5. The maximum atomic E-state index is 12.4. The molecule has 3 aromatic carbocycles. The molecule has 1 amide bonds. The Kier molecular flexibility index (Phi) is 6.84. The van der Waals surface area contributed by atoms with Crippen molar-refractivity contribution in [1.82, 2.24) is 4.98 Å². The SMILES string of the molecule is CC[C@@H](C)c1ccc(OCC(=O)Nc2ccc3oc(-c4ccc(OC)c(Cl)c4)nc3c2)cc1. The van der Waals surface area contributed by atoms with Gasteiger partial charge in [-0.1, -0.05) is 37.6 Å². The summed E-state index contributed by atoms with van der Waals surface area (Å²) < 4.78 is 16.6. The predicted octanol–water partition coefficient (Wildman–Crippen LogP) is 6.69. The molecule has 0 fully saturated rings. The van der Waals surface area contributed by atoms with Crippen LogP contribution in [0.25, 0.3) is 22.6 Å². The smallest absolute Gasteiger partial charge is 0.262 e.